The number of rotatable bonds is 5. The number of aliphatic hydroxyl groups is 1. The van der Waals surface area contributed by atoms with Gasteiger partial charge in [0.15, 0.2) is 0 Å². The Hall–Kier alpha value is -1.69. The predicted octanol–water partition coefficient (Wildman–Crippen LogP) is 0.157. The maximum absolute atomic E-state index is 12.4. The first-order valence-electron chi connectivity index (χ1n) is 6.59. The highest BCUT2D eigenvalue weighted by Crippen LogP contribution is 2.25. The van der Waals surface area contributed by atoms with E-state index >= 15 is 0 Å². The minimum atomic E-state index is -0.234. The molecule has 19 heavy (non-hydrogen) atoms. The smallest absolute Gasteiger partial charge is 0.274 e. The van der Waals surface area contributed by atoms with E-state index in [1.807, 2.05) is 0 Å². The van der Waals surface area contributed by atoms with Gasteiger partial charge in [-0.25, -0.2) is 4.68 Å². The van der Waals surface area contributed by atoms with E-state index in [0.29, 0.717) is 13.0 Å². The first-order valence-corrected chi connectivity index (χ1v) is 6.59. The van der Waals surface area contributed by atoms with Crippen molar-refractivity contribution in [1.29, 1.82) is 0 Å². The van der Waals surface area contributed by atoms with Gasteiger partial charge in [-0.1, -0.05) is 0 Å². The molecular weight excluding hydrogens is 246 g/mol. The molecule has 0 spiro atoms. The molecule has 1 fully saturated rings. The van der Waals surface area contributed by atoms with Crippen LogP contribution in [0.25, 0.3) is 0 Å². The largest absolute Gasteiger partial charge is 0.396 e. The van der Waals surface area contributed by atoms with Crippen molar-refractivity contribution in [2.45, 2.75) is 31.7 Å². The van der Waals surface area contributed by atoms with Gasteiger partial charge in [0.2, 0.25) is 0 Å². The minimum Gasteiger partial charge on any atom is -0.396 e. The summed E-state index contributed by atoms with van der Waals surface area (Å²) in [7, 11) is 1.53. The third-order valence-electron chi connectivity index (χ3n) is 3.51. The zero-order valence-corrected chi connectivity index (χ0v) is 11.1. The second-order valence-corrected chi connectivity index (χ2v) is 4.84. The van der Waals surface area contributed by atoms with Gasteiger partial charge >= 0.3 is 0 Å². The molecule has 1 heterocycles. The van der Waals surface area contributed by atoms with Crippen LogP contribution in [0.1, 0.15) is 36.2 Å². The van der Waals surface area contributed by atoms with E-state index in [4.69, 9.17) is 5.11 Å². The van der Waals surface area contributed by atoms with Crippen molar-refractivity contribution < 1.29 is 9.90 Å². The highest BCUT2D eigenvalue weighted by atomic mass is 16.3. The van der Waals surface area contributed by atoms with Crippen LogP contribution in [0, 0.1) is 0 Å². The number of aryl methyl sites for hydroxylation is 1. The average Bonchev–Trinajstić information content (AvgIpc) is 2.34. The third-order valence-corrected chi connectivity index (χ3v) is 3.51. The fourth-order valence-corrected chi connectivity index (χ4v) is 2.15. The molecule has 1 aromatic rings. The molecule has 1 N–H and O–H groups in total. The lowest BCUT2D eigenvalue weighted by Crippen LogP contribution is -2.45. The van der Waals surface area contributed by atoms with Gasteiger partial charge in [0.25, 0.3) is 11.5 Å². The maximum Gasteiger partial charge on any atom is 0.274 e. The van der Waals surface area contributed by atoms with Crippen molar-refractivity contribution in [2.75, 3.05) is 13.2 Å². The van der Waals surface area contributed by atoms with Crippen LogP contribution in [-0.2, 0) is 7.05 Å². The number of hydrogen-bond acceptors (Lipinski definition) is 4. The molecule has 1 saturated carbocycles. The highest BCUT2D eigenvalue weighted by Gasteiger charge is 2.29. The van der Waals surface area contributed by atoms with Crippen molar-refractivity contribution in [3.8, 4) is 0 Å². The average molecular weight is 265 g/mol. The van der Waals surface area contributed by atoms with Gasteiger partial charge in [0.05, 0.1) is 0 Å². The molecule has 1 amide bonds. The molecule has 6 heteroatoms. The molecule has 6 nitrogen and oxygen atoms in total. The zero-order valence-electron chi connectivity index (χ0n) is 11.1. The molecule has 0 saturated heterocycles. The van der Waals surface area contributed by atoms with Crippen molar-refractivity contribution in [1.82, 2.24) is 14.7 Å². The molecule has 0 aliphatic heterocycles. The van der Waals surface area contributed by atoms with Gasteiger partial charge in [0.1, 0.15) is 5.69 Å². The van der Waals surface area contributed by atoms with Gasteiger partial charge < -0.3 is 10.0 Å². The lowest BCUT2D eigenvalue weighted by atomic mass is 9.91. The van der Waals surface area contributed by atoms with E-state index in [2.05, 4.69) is 5.10 Å². The Labute approximate surface area is 111 Å². The standard InChI is InChI=1S/C13H19N3O3/c1-15-12(18)7-6-11(14-15)13(19)16(8-3-9-17)10-4-2-5-10/h6-7,10,17H,2-5,8-9H2,1H3. The fourth-order valence-electron chi connectivity index (χ4n) is 2.15. The van der Waals surface area contributed by atoms with Crippen LogP contribution in [0.3, 0.4) is 0 Å². The van der Waals surface area contributed by atoms with Crippen LogP contribution >= 0.6 is 0 Å². The van der Waals surface area contributed by atoms with Crippen LogP contribution in [-0.4, -0.2) is 44.9 Å². The Morgan fingerprint density at radius 1 is 1.53 bits per heavy atom. The normalized spacial score (nSPS) is 15.1. The summed E-state index contributed by atoms with van der Waals surface area (Å²) in [4.78, 5) is 25.5. The Morgan fingerprint density at radius 2 is 2.26 bits per heavy atom. The number of aliphatic hydroxyl groups excluding tert-OH is 1. The summed E-state index contributed by atoms with van der Waals surface area (Å²) in [5.74, 6) is -0.159. The molecule has 1 aromatic heterocycles. The zero-order chi connectivity index (χ0) is 13.8. The SMILES string of the molecule is Cn1nc(C(=O)N(CCCO)C2CCC2)ccc1=O. The van der Waals surface area contributed by atoms with Gasteiger partial charge in [-0.05, 0) is 31.7 Å². The Bertz CT molecular complexity index is 508. The van der Waals surface area contributed by atoms with E-state index in [1.165, 1.54) is 19.2 Å². The highest BCUT2D eigenvalue weighted by molar-refractivity contribution is 5.92. The minimum absolute atomic E-state index is 0.0667. The predicted molar refractivity (Wildman–Crippen MR) is 69.9 cm³/mol. The van der Waals surface area contributed by atoms with Crippen molar-refractivity contribution in [3.05, 3.63) is 28.2 Å². The first-order chi connectivity index (χ1) is 9.13. The Morgan fingerprint density at radius 3 is 2.79 bits per heavy atom. The summed E-state index contributed by atoms with van der Waals surface area (Å²) in [5.41, 5.74) is 0.0500. The Balaban J connectivity index is 2.17. The van der Waals surface area contributed by atoms with E-state index < -0.39 is 0 Å². The lowest BCUT2D eigenvalue weighted by Gasteiger charge is -2.37. The summed E-state index contributed by atoms with van der Waals surface area (Å²) in [6, 6.07) is 3.07. The molecule has 0 bridgehead atoms. The van der Waals surface area contributed by atoms with Gasteiger partial charge in [-0.2, -0.15) is 5.10 Å². The second kappa shape index (κ2) is 5.97. The summed E-state index contributed by atoms with van der Waals surface area (Å²) < 4.78 is 1.16. The number of carbonyl (C=O) groups excluding carboxylic acids is 1. The number of carbonyl (C=O) groups is 1. The Kier molecular flexibility index (Phi) is 4.31. The van der Waals surface area contributed by atoms with Crippen molar-refractivity contribution >= 4 is 5.91 Å². The number of aromatic nitrogens is 2. The summed E-state index contributed by atoms with van der Waals surface area (Å²) in [6.07, 6.45) is 3.70. The van der Waals surface area contributed by atoms with Crippen LogP contribution in [0.4, 0.5) is 0 Å². The van der Waals surface area contributed by atoms with Gasteiger partial charge in [0, 0.05) is 32.3 Å². The van der Waals surface area contributed by atoms with E-state index in [-0.39, 0.29) is 29.8 Å². The van der Waals surface area contributed by atoms with E-state index in [1.54, 1.807) is 4.90 Å². The molecule has 0 unspecified atom stereocenters. The third kappa shape index (κ3) is 3.01. The quantitative estimate of drug-likeness (QED) is 0.822. The van der Waals surface area contributed by atoms with Crippen LogP contribution < -0.4 is 5.56 Å². The molecule has 0 aromatic carbocycles. The number of hydrogen-bond donors (Lipinski definition) is 1. The molecule has 0 atom stereocenters. The monoisotopic (exact) mass is 265 g/mol. The number of nitrogens with zero attached hydrogens (tertiary/aromatic N) is 3. The summed E-state index contributed by atoms with van der Waals surface area (Å²) >= 11 is 0. The fraction of sp³-hybridized carbons (Fsp3) is 0.615. The molecule has 1 aliphatic rings. The van der Waals surface area contributed by atoms with Crippen LogP contribution in [0.2, 0.25) is 0 Å². The molecule has 104 valence electrons. The summed E-state index contributed by atoms with van der Waals surface area (Å²) in [6.45, 7) is 0.599. The van der Waals surface area contributed by atoms with Crippen molar-refractivity contribution in [3.63, 3.8) is 0 Å². The van der Waals surface area contributed by atoms with Crippen LogP contribution in [0.15, 0.2) is 16.9 Å². The van der Waals surface area contributed by atoms with E-state index in [9.17, 15) is 9.59 Å². The maximum atomic E-state index is 12.4. The van der Waals surface area contributed by atoms with Gasteiger partial charge in [-0.15, -0.1) is 0 Å². The lowest BCUT2D eigenvalue weighted by molar-refractivity contribution is 0.0554. The van der Waals surface area contributed by atoms with Crippen molar-refractivity contribution in [2.24, 2.45) is 7.05 Å². The molecule has 2 rings (SSSR count). The molecule has 1 aliphatic carbocycles. The molecular formula is C13H19N3O3. The summed E-state index contributed by atoms with van der Waals surface area (Å²) in [5, 5.41) is 12.9. The van der Waals surface area contributed by atoms with Crippen LogP contribution in [0.5, 0.6) is 0 Å². The molecule has 0 radical (unpaired) electrons. The van der Waals surface area contributed by atoms with E-state index in [0.717, 1.165) is 23.9 Å². The second-order valence-electron chi connectivity index (χ2n) is 4.84. The number of amides is 1. The topological polar surface area (TPSA) is 75.4 Å². The first kappa shape index (κ1) is 13.7. The van der Waals surface area contributed by atoms with Gasteiger partial charge in [-0.3, -0.25) is 9.59 Å².